The molecule has 0 saturated carbocycles. The number of carbonyl (C=O) groups excluding carboxylic acids is 2. The maximum Gasteiger partial charge on any atom is 1.00 e. The number of aliphatic hydroxyl groups excluding tert-OH is 1. The van der Waals surface area contributed by atoms with Crippen LogP contribution in [0.15, 0.2) is 0 Å². The molecule has 0 aliphatic carbocycles. The van der Waals surface area contributed by atoms with E-state index in [0.29, 0.717) is 6.42 Å². The number of aliphatic carboxylic acids is 1. The normalized spacial score (nSPS) is 12.9. The van der Waals surface area contributed by atoms with Crippen molar-refractivity contribution in [2.75, 3.05) is 0 Å². The van der Waals surface area contributed by atoms with Crippen molar-refractivity contribution >= 4 is 11.9 Å². The van der Waals surface area contributed by atoms with E-state index in [1.165, 1.54) is 71.1 Å². The average molecular weight is 380 g/mol. The second kappa shape index (κ2) is 19.7. The molecular weight excluding hydrogens is 341 g/mol. The number of aliphatic hydroxyl groups is 1. The summed E-state index contributed by atoms with van der Waals surface area (Å²) in [6.07, 6.45) is 15.2. The molecular formula is C20H38NNaO4. The Labute approximate surface area is 182 Å². The largest absolute Gasteiger partial charge is 1.00 e. The van der Waals surface area contributed by atoms with Crippen LogP contribution >= 0.6 is 0 Å². The number of nitrogens with one attached hydrogen (secondary N) is 1. The Balaban J connectivity index is 0. The van der Waals surface area contributed by atoms with Crippen molar-refractivity contribution in [2.24, 2.45) is 0 Å². The van der Waals surface area contributed by atoms with Crippen LogP contribution in [0.3, 0.4) is 0 Å². The standard InChI is InChI=1S/C20H39NO4.Na/c1-3-4-5-6-7-8-9-10-11-12-13-14-15-16-18(23)21-19(17(2)22)20(24)25;/h17,19,22H,3-16H2,1-2H3,(H,21,23)(H,24,25);/q;+1/p-1/t17-,19+;/m1./s1. The number of amides is 1. The van der Waals surface area contributed by atoms with Gasteiger partial charge in [0.2, 0.25) is 5.91 Å². The quantitative estimate of drug-likeness (QED) is 0.277. The molecule has 0 unspecified atom stereocenters. The Morgan fingerprint density at radius 1 is 0.846 bits per heavy atom. The molecule has 2 atom stereocenters. The van der Waals surface area contributed by atoms with Crippen LogP contribution in [0.2, 0.25) is 0 Å². The minimum atomic E-state index is -1.45. The van der Waals surface area contributed by atoms with Gasteiger partial charge in [0, 0.05) is 6.42 Å². The van der Waals surface area contributed by atoms with Gasteiger partial charge in [-0.2, -0.15) is 0 Å². The van der Waals surface area contributed by atoms with Gasteiger partial charge in [0.05, 0.1) is 18.1 Å². The van der Waals surface area contributed by atoms with Gasteiger partial charge in [-0.1, -0.05) is 84.0 Å². The summed E-state index contributed by atoms with van der Waals surface area (Å²) in [6, 6.07) is -1.32. The van der Waals surface area contributed by atoms with Gasteiger partial charge in [-0.05, 0) is 13.3 Å². The van der Waals surface area contributed by atoms with E-state index in [-0.39, 0.29) is 35.5 Å². The number of unbranched alkanes of at least 4 members (excludes halogenated alkanes) is 12. The fraction of sp³-hybridized carbons (Fsp3) is 0.900. The number of hydrogen-bond acceptors (Lipinski definition) is 4. The van der Waals surface area contributed by atoms with Gasteiger partial charge >= 0.3 is 29.6 Å². The van der Waals surface area contributed by atoms with Crippen molar-refractivity contribution in [3.8, 4) is 0 Å². The second-order valence-corrected chi connectivity index (χ2v) is 7.10. The molecule has 5 nitrogen and oxygen atoms in total. The Morgan fingerprint density at radius 3 is 1.58 bits per heavy atom. The SMILES string of the molecule is CCCCCCCCCCCCCCCC(=O)N[C@H](C(=O)[O-])[C@@H](C)O.[Na+]. The van der Waals surface area contributed by atoms with E-state index in [2.05, 4.69) is 12.2 Å². The monoisotopic (exact) mass is 379 g/mol. The molecule has 0 radical (unpaired) electrons. The van der Waals surface area contributed by atoms with Crippen molar-refractivity contribution < 1.29 is 49.4 Å². The molecule has 0 bridgehead atoms. The van der Waals surface area contributed by atoms with E-state index in [4.69, 9.17) is 0 Å². The van der Waals surface area contributed by atoms with Crippen LogP contribution in [-0.2, 0) is 9.59 Å². The summed E-state index contributed by atoms with van der Waals surface area (Å²) in [5.41, 5.74) is 0. The van der Waals surface area contributed by atoms with Gasteiger partial charge in [-0.3, -0.25) is 4.79 Å². The minimum Gasteiger partial charge on any atom is -0.548 e. The maximum absolute atomic E-state index is 11.7. The summed E-state index contributed by atoms with van der Waals surface area (Å²) in [6.45, 7) is 3.57. The third kappa shape index (κ3) is 17.3. The molecule has 1 amide bonds. The number of hydrogen-bond donors (Lipinski definition) is 2. The fourth-order valence-electron chi connectivity index (χ4n) is 2.93. The molecule has 26 heavy (non-hydrogen) atoms. The van der Waals surface area contributed by atoms with Gasteiger partial charge in [0.15, 0.2) is 0 Å². The molecule has 6 heteroatoms. The van der Waals surface area contributed by atoms with Crippen LogP contribution in [0.1, 0.15) is 104 Å². The second-order valence-electron chi connectivity index (χ2n) is 7.10. The Hall–Kier alpha value is -0.100. The summed E-state index contributed by atoms with van der Waals surface area (Å²) in [7, 11) is 0. The molecule has 0 aromatic rings. The molecule has 0 rings (SSSR count). The van der Waals surface area contributed by atoms with Crippen molar-refractivity contribution in [1.29, 1.82) is 0 Å². The van der Waals surface area contributed by atoms with E-state index < -0.39 is 18.1 Å². The predicted octanol–water partition coefficient (Wildman–Crippen LogP) is 0.0872. The van der Waals surface area contributed by atoms with Crippen LogP contribution < -0.4 is 40.0 Å². The number of carboxylic acids is 1. The molecule has 0 fully saturated rings. The Bertz CT molecular complexity index is 351. The van der Waals surface area contributed by atoms with E-state index in [0.717, 1.165) is 19.3 Å². The number of carboxylic acid groups (broad SMARTS) is 1. The summed E-state index contributed by atoms with van der Waals surface area (Å²) >= 11 is 0. The van der Waals surface area contributed by atoms with E-state index in [1.807, 2.05) is 0 Å². The first-order chi connectivity index (χ1) is 12.0. The molecule has 0 aromatic carbocycles. The molecule has 0 aromatic heterocycles. The third-order valence-corrected chi connectivity index (χ3v) is 4.56. The van der Waals surface area contributed by atoms with Crippen molar-refractivity contribution in [3.05, 3.63) is 0 Å². The van der Waals surface area contributed by atoms with Crippen LogP contribution in [0, 0.1) is 0 Å². The minimum absolute atomic E-state index is 0. The van der Waals surface area contributed by atoms with Gasteiger partial charge in [0.25, 0.3) is 0 Å². The molecule has 0 spiro atoms. The zero-order chi connectivity index (χ0) is 18.9. The number of carbonyl (C=O) groups is 2. The van der Waals surface area contributed by atoms with Crippen molar-refractivity contribution in [1.82, 2.24) is 5.32 Å². The molecule has 0 aliphatic rings. The summed E-state index contributed by atoms with van der Waals surface area (Å²) < 4.78 is 0. The maximum atomic E-state index is 11.7. The topological polar surface area (TPSA) is 89.5 Å². The fourth-order valence-corrected chi connectivity index (χ4v) is 2.93. The Kier molecular flexibility index (Phi) is 21.3. The molecule has 0 saturated heterocycles. The zero-order valence-corrected chi connectivity index (χ0v) is 19.2. The van der Waals surface area contributed by atoms with Crippen LogP contribution in [-0.4, -0.2) is 29.1 Å². The number of rotatable bonds is 17. The van der Waals surface area contributed by atoms with E-state index in [9.17, 15) is 19.8 Å². The summed E-state index contributed by atoms with van der Waals surface area (Å²) in [5, 5.41) is 22.4. The molecule has 148 valence electrons. The first-order valence-electron chi connectivity index (χ1n) is 10.2. The van der Waals surface area contributed by atoms with Gasteiger partial charge < -0.3 is 20.3 Å². The van der Waals surface area contributed by atoms with E-state index >= 15 is 0 Å². The first-order valence-corrected chi connectivity index (χ1v) is 10.2. The van der Waals surface area contributed by atoms with Crippen LogP contribution in [0.25, 0.3) is 0 Å². The third-order valence-electron chi connectivity index (χ3n) is 4.56. The zero-order valence-electron chi connectivity index (χ0n) is 17.2. The van der Waals surface area contributed by atoms with Gasteiger partial charge in [-0.15, -0.1) is 0 Å². The van der Waals surface area contributed by atoms with Gasteiger partial charge in [0.1, 0.15) is 0 Å². The molecule has 0 aliphatic heterocycles. The molecule has 2 N–H and O–H groups in total. The smallest absolute Gasteiger partial charge is 0.548 e. The summed E-state index contributed by atoms with van der Waals surface area (Å²) in [4.78, 5) is 22.4. The van der Waals surface area contributed by atoms with Crippen molar-refractivity contribution in [3.63, 3.8) is 0 Å². The predicted molar refractivity (Wildman–Crippen MR) is 98.9 cm³/mol. The molecule has 0 heterocycles. The van der Waals surface area contributed by atoms with Crippen LogP contribution in [0.5, 0.6) is 0 Å². The van der Waals surface area contributed by atoms with E-state index in [1.54, 1.807) is 0 Å². The van der Waals surface area contributed by atoms with Crippen molar-refractivity contribution in [2.45, 2.75) is 116 Å². The summed E-state index contributed by atoms with van der Waals surface area (Å²) in [5.74, 6) is -1.79. The van der Waals surface area contributed by atoms with Gasteiger partial charge in [-0.25, -0.2) is 0 Å². The van der Waals surface area contributed by atoms with Crippen LogP contribution in [0.4, 0.5) is 0 Å². The average Bonchev–Trinajstić information content (AvgIpc) is 2.56. The Morgan fingerprint density at radius 2 is 1.23 bits per heavy atom. The first kappa shape index (κ1) is 28.1.